The van der Waals surface area contributed by atoms with E-state index in [9.17, 15) is 30.4 Å². The fraction of sp³-hybridized carbons (Fsp3) is 0.750. The molecule has 0 saturated heterocycles. The largest absolute Gasteiger partial charge is 0.673 e. The maximum Gasteiger partial charge on any atom is 0.673 e. The van der Waals surface area contributed by atoms with E-state index < -0.39 is 12.8 Å². The molecule has 2 nitrogen and oxygen atoms in total. The first kappa shape index (κ1) is 22.1. The van der Waals surface area contributed by atoms with E-state index in [1.54, 1.807) is 9.13 Å². The van der Waals surface area contributed by atoms with Gasteiger partial charge in [-0.05, 0) is 27.7 Å². The first-order chi connectivity index (χ1) is 10.1. The van der Waals surface area contributed by atoms with Gasteiger partial charge in [-0.1, -0.05) is 0 Å². The van der Waals surface area contributed by atoms with Crippen molar-refractivity contribution in [1.29, 1.82) is 0 Å². The van der Waals surface area contributed by atoms with Crippen molar-refractivity contribution in [2.24, 2.45) is 0 Å². The van der Waals surface area contributed by atoms with Gasteiger partial charge >= 0.3 is 17.9 Å². The fourth-order valence-corrected chi connectivity index (χ4v) is 3.27. The number of thioether (sulfide) groups is 1. The van der Waals surface area contributed by atoms with Crippen molar-refractivity contribution < 1.29 is 35.0 Å². The van der Waals surface area contributed by atoms with Crippen LogP contribution >= 0.6 is 11.8 Å². The summed E-state index contributed by atoms with van der Waals surface area (Å²) >= 11 is -0.0284. The molecule has 0 N–H and O–H groups in total. The van der Waals surface area contributed by atoms with Gasteiger partial charge in [-0.25, -0.2) is 9.13 Å². The highest BCUT2D eigenvalue weighted by Crippen LogP contribution is 2.38. The van der Waals surface area contributed by atoms with Crippen LogP contribution in [0.5, 0.6) is 0 Å². The van der Waals surface area contributed by atoms with E-state index in [4.69, 9.17) is 0 Å². The molecule has 0 amide bonds. The van der Waals surface area contributed by atoms with E-state index in [0.717, 1.165) is 11.4 Å². The van der Waals surface area contributed by atoms with E-state index in [-0.39, 0.29) is 29.0 Å². The van der Waals surface area contributed by atoms with Crippen molar-refractivity contribution in [2.75, 3.05) is 0 Å². The molecule has 0 atom stereocenters. The minimum Gasteiger partial charge on any atom is -0.418 e. The van der Waals surface area contributed by atoms with Crippen LogP contribution in [-0.2, 0) is 0 Å². The first-order valence-corrected chi connectivity index (χ1v) is 7.63. The smallest absolute Gasteiger partial charge is 0.418 e. The zero-order valence-corrected chi connectivity index (χ0v) is 14.5. The van der Waals surface area contributed by atoms with Gasteiger partial charge in [0.1, 0.15) is 11.4 Å². The van der Waals surface area contributed by atoms with Crippen LogP contribution in [0.15, 0.2) is 5.16 Å². The number of hydrogen-bond acceptors (Lipinski definition) is 1. The van der Waals surface area contributed by atoms with Crippen molar-refractivity contribution in [2.45, 2.75) is 64.3 Å². The number of aromatic nitrogens is 2. The van der Waals surface area contributed by atoms with Gasteiger partial charge in [0.15, 0.2) is 0 Å². The number of halogens is 7. The number of rotatable bonds is 3. The van der Waals surface area contributed by atoms with Crippen LogP contribution in [0.2, 0.25) is 0 Å². The molecular weight excluding hydrogens is 348 g/mol. The number of hydrogen-bond donors (Lipinski definition) is 0. The lowest BCUT2D eigenvalue weighted by Gasteiger charge is -2.11. The second-order valence-electron chi connectivity index (χ2n) is 5.42. The van der Waals surface area contributed by atoms with Crippen LogP contribution in [-0.4, -0.2) is 17.3 Å². The number of nitrogens with zero attached hydrogens (tertiary/aromatic N) is 2. The lowest BCUT2D eigenvalue weighted by Crippen LogP contribution is -2.40. The molecule has 136 valence electrons. The van der Waals surface area contributed by atoms with Gasteiger partial charge in [-0.3, -0.25) is 0 Å². The average Bonchev–Trinajstić information content (AvgIpc) is 2.45. The predicted octanol–water partition coefficient (Wildman–Crippen LogP) is 5.47. The highest BCUT2D eigenvalue weighted by molar-refractivity contribution is 7.99. The third kappa shape index (κ3) is 7.49. The zero-order valence-electron chi connectivity index (χ0n) is 13.7. The Labute approximate surface area is 135 Å². The minimum atomic E-state index is -6.00. The summed E-state index contributed by atoms with van der Waals surface area (Å²) in [5.41, 5.74) is -2.48. The molecule has 0 spiro atoms. The maximum atomic E-state index is 12.7. The third-order valence-electron chi connectivity index (χ3n) is 2.90. The van der Waals surface area contributed by atoms with E-state index in [0.29, 0.717) is 0 Å². The summed E-state index contributed by atoms with van der Waals surface area (Å²) in [6.45, 7) is 11.3. The molecule has 23 heavy (non-hydrogen) atoms. The molecule has 0 aromatic carbocycles. The predicted molar refractivity (Wildman–Crippen MR) is 77.0 cm³/mol. The summed E-state index contributed by atoms with van der Waals surface area (Å²) in [7, 11) is -6.00. The van der Waals surface area contributed by atoms with Crippen LogP contribution in [0, 0.1) is 13.8 Å². The van der Waals surface area contributed by atoms with E-state index in [1.165, 1.54) is 0 Å². The molecule has 11 heteroatoms. The summed E-state index contributed by atoms with van der Waals surface area (Å²) in [6.07, 6.45) is 0. The molecule has 0 unspecified atom stereocenters. The van der Waals surface area contributed by atoms with Crippen LogP contribution < -0.4 is 4.57 Å². The molecule has 0 fully saturated rings. The molecule has 0 aliphatic rings. The standard InChI is InChI=1S/C12H20F3N2S.BF4/c1-7(2)16-9(5)10(6)17(8(3)4)11(16)18-12(13,14)15;2-1(3,4)5/h7-8H,1-6H3;/q+1;-1. The molecule has 1 heterocycles. The average molecular weight is 368 g/mol. The van der Waals surface area contributed by atoms with Crippen LogP contribution in [0.25, 0.3) is 0 Å². The van der Waals surface area contributed by atoms with Crippen LogP contribution in [0.1, 0.15) is 51.2 Å². The second-order valence-corrected chi connectivity index (χ2v) is 6.46. The Kier molecular flexibility index (Phi) is 7.51. The molecular formula is C12H20BF7N2S. The highest BCUT2D eigenvalue weighted by Gasteiger charge is 2.40. The van der Waals surface area contributed by atoms with Gasteiger partial charge in [0.05, 0.1) is 23.8 Å². The van der Waals surface area contributed by atoms with Crippen molar-refractivity contribution in [3.63, 3.8) is 0 Å². The fourth-order valence-electron chi connectivity index (χ4n) is 2.17. The SMILES string of the molecule is Cc1c(C)[n+](C(C)C)c(SC(F)(F)F)n1C(C)C.F[B-](F)(F)F. The van der Waals surface area contributed by atoms with Crippen molar-refractivity contribution >= 4 is 19.0 Å². The normalized spacial score (nSPS) is 12.7. The summed E-state index contributed by atoms with van der Waals surface area (Å²) in [5.74, 6) is 0. The summed E-state index contributed by atoms with van der Waals surface area (Å²) < 4.78 is 80.6. The molecule has 1 rings (SSSR count). The Morgan fingerprint density at radius 1 is 1.00 bits per heavy atom. The monoisotopic (exact) mass is 368 g/mol. The van der Waals surface area contributed by atoms with E-state index in [2.05, 4.69) is 0 Å². The Hall–Kier alpha value is -0.865. The van der Waals surface area contributed by atoms with E-state index in [1.807, 2.05) is 41.5 Å². The van der Waals surface area contributed by atoms with Crippen molar-refractivity contribution in [3.8, 4) is 0 Å². The quantitative estimate of drug-likeness (QED) is 0.298. The summed E-state index contributed by atoms with van der Waals surface area (Å²) in [5, 5.41) is 0.266. The molecule has 0 aliphatic carbocycles. The molecule has 0 radical (unpaired) electrons. The summed E-state index contributed by atoms with van der Waals surface area (Å²) in [6, 6.07) is 0.0158. The van der Waals surface area contributed by atoms with E-state index >= 15 is 0 Å². The molecule has 0 saturated carbocycles. The topological polar surface area (TPSA) is 8.81 Å². The minimum absolute atomic E-state index is 0.00792. The number of imidazole rings is 1. The van der Waals surface area contributed by atoms with Crippen molar-refractivity contribution in [1.82, 2.24) is 4.57 Å². The zero-order chi connectivity index (χ0) is 18.7. The summed E-state index contributed by atoms with van der Waals surface area (Å²) in [4.78, 5) is 0. The first-order valence-electron chi connectivity index (χ1n) is 6.82. The molecule has 1 aromatic heterocycles. The Balaban J connectivity index is 0.000000841. The third-order valence-corrected chi connectivity index (χ3v) is 3.71. The van der Waals surface area contributed by atoms with Gasteiger partial charge in [-0.2, -0.15) is 13.2 Å². The highest BCUT2D eigenvalue weighted by atomic mass is 32.2. The van der Waals surface area contributed by atoms with Crippen LogP contribution in [0.4, 0.5) is 30.4 Å². The molecule has 0 aliphatic heterocycles. The maximum absolute atomic E-state index is 12.7. The Morgan fingerprint density at radius 2 is 1.39 bits per heavy atom. The van der Waals surface area contributed by atoms with Gasteiger partial charge in [-0.15, -0.1) is 0 Å². The number of alkyl halides is 3. The van der Waals surface area contributed by atoms with Gasteiger partial charge in [0, 0.05) is 13.8 Å². The second kappa shape index (κ2) is 7.80. The molecule has 0 bridgehead atoms. The molecule has 1 aromatic rings. The Bertz CT molecular complexity index is 483. The van der Waals surface area contributed by atoms with Crippen LogP contribution in [0.3, 0.4) is 0 Å². The van der Waals surface area contributed by atoms with Gasteiger partial charge in [0.2, 0.25) is 0 Å². The Morgan fingerprint density at radius 3 is 1.65 bits per heavy atom. The van der Waals surface area contributed by atoms with Gasteiger partial charge < -0.3 is 17.3 Å². The van der Waals surface area contributed by atoms with Crippen molar-refractivity contribution in [3.05, 3.63) is 11.4 Å². The lowest BCUT2D eigenvalue weighted by molar-refractivity contribution is -0.756. The van der Waals surface area contributed by atoms with Gasteiger partial charge in [0.25, 0.3) is 0 Å². The lowest BCUT2D eigenvalue weighted by atomic mass is 10.3.